The molecule has 1 heterocycles. The third-order valence-electron chi connectivity index (χ3n) is 5.15. The number of guanidine groups is 1. The van der Waals surface area contributed by atoms with Gasteiger partial charge in [0.15, 0.2) is 5.96 Å². The lowest BCUT2D eigenvalue weighted by atomic mass is 10.1. The van der Waals surface area contributed by atoms with Gasteiger partial charge in [0.05, 0.1) is 6.10 Å². The summed E-state index contributed by atoms with van der Waals surface area (Å²) in [6.07, 6.45) is 6.09. The van der Waals surface area contributed by atoms with Crippen molar-refractivity contribution < 1.29 is 14.2 Å². The van der Waals surface area contributed by atoms with Crippen molar-refractivity contribution in [3.05, 3.63) is 29.3 Å². The fourth-order valence-corrected chi connectivity index (χ4v) is 3.22. The zero-order valence-electron chi connectivity index (χ0n) is 17.7. The van der Waals surface area contributed by atoms with E-state index in [1.807, 2.05) is 0 Å². The summed E-state index contributed by atoms with van der Waals surface area (Å²) < 4.78 is 17.4. The summed E-state index contributed by atoms with van der Waals surface area (Å²) in [7, 11) is 1.79. The minimum Gasteiger partial charge on any atom is -0.491 e. The molecule has 0 radical (unpaired) electrons. The molecule has 0 spiro atoms. The topological polar surface area (TPSA) is 64.1 Å². The Morgan fingerprint density at radius 2 is 2.07 bits per heavy atom. The van der Waals surface area contributed by atoms with Crippen LogP contribution in [-0.2, 0) is 16.0 Å². The Kier molecular flexibility index (Phi) is 11.1. The summed E-state index contributed by atoms with van der Waals surface area (Å²) in [6, 6.07) is 6.33. The molecule has 1 saturated carbocycles. The molecule has 6 nitrogen and oxygen atoms in total. The average Bonchev–Trinajstić information content (AvgIpc) is 3.38. The molecule has 1 saturated heterocycles. The Labute approximate surface area is 192 Å². The summed E-state index contributed by atoms with van der Waals surface area (Å²) in [5, 5.41) is 6.73. The van der Waals surface area contributed by atoms with Crippen LogP contribution < -0.4 is 15.4 Å². The van der Waals surface area contributed by atoms with Crippen molar-refractivity contribution in [3.63, 3.8) is 0 Å². The van der Waals surface area contributed by atoms with Crippen LogP contribution in [0.4, 0.5) is 0 Å². The maximum atomic E-state index is 6.08. The number of ether oxygens (including phenoxy) is 3. The number of hydrogen-bond donors (Lipinski definition) is 2. The maximum Gasteiger partial charge on any atom is 0.191 e. The van der Waals surface area contributed by atoms with E-state index < -0.39 is 0 Å². The highest BCUT2D eigenvalue weighted by Crippen LogP contribution is 2.28. The molecule has 0 amide bonds. The molecule has 29 heavy (non-hydrogen) atoms. The Morgan fingerprint density at radius 3 is 2.79 bits per heavy atom. The monoisotopic (exact) mass is 517 g/mol. The molecule has 1 aliphatic carbocycles. The second-order valence-electron chi connectivity index (χ2n) is 7.78. The van der Waals surface area contributed by atoms with Gasteiger partial charge in [-0.25, -0.2) is 0 Å². The summed E-state index contributed by atoms with van der Waals surface area (Å²) in [4.78, 5) is 4.31. The first-order valence-electron chi connectivity index (χ1n) is 10.6. The molecule has 1 atom stereocenters. The van der Waals surface area contributed by atoms with Crippen LogP contribution in [0.5, 0.6) is 5.75 Å². The zero-order valence-corrected chi connectivity index (χ0v) is 20.1. The molecule has 2 fully saturated rings. The van der Waals surface area contributed by atoms with E-state index in [1.54, 1.807) is 7.05 Å². The number of aryl methyl sites for hydroxylation is 1. The molecule has 1 aliphatic heterocycles. The van der Waals surface area contributed by atoms with Gasteiger partial charge in [-0.2, -0.15) is 0 Å². The fraction of sp³-hybridized carbons (Fsp3) is 0.682. The summed E-state index contributed by atoms with van der Waals surface area (Å²) in [6.45, 7) is 6.80. The molecule has 1 aromatic carbocycles. The number of halogens is 1. The van der Waals surface area contributed by atoms with Gasteiger partial charge in [0.2, 0.25) is 0 Å². The first kappa shape index (κ1) is 24.2. The summed E-state index contributed by atoms with van der Waals surface area (Å²) >= 11 is 0. The Morgan fingerprint density at radius 1 is 1.21 bits per heavy atom. The lowest BCUT2D eigenvalue weighted by molar-refractivity contribution is 0.0676. The van der Waals surface area contributed by atoms with Crippen LogP contribution in [0.15, 0.2) is 23.2 Å². The quantitative estimate of drug-likeness (QED) is 0.203. The van der Waals surface area contributed by atoms with Crippen LogP contribution in [0.1, 0.15) is 43.2 Å². The molecule has 2 N–H and O–H groups in total. The van der Waals surface area contributed by atoms with Crippen LogP contribution in [-0.4, -0.2) is 52.1 Å². The van der Waals surface area contributed by atoms with E-state index in [9.17, 15) is 0 Å². The van der Waals surface area contributed by atoms with Gasteiger partial charge in [-0.1, -0.05) is 12.1 Å². The van der Waals surface area contributed by atoms with Gasteiger partial charge in [-0.05, 0) is 56.6 Å². The number of nitrogens with one attached hydrogen (secondary N) is 2. The third-order valence-corrected chi connectivity index (χ3v) is 5.15. The SMILES string of the molecule is CN=C(NCCCOCC1CC1)NCc1ccc(C)cc1OCC1CCCO1.I. The Hall–Kier alpha value is -1.06. The number of nitrogens with zero attached hydrogens (tertiary/aromatic N) is 1. The molecular formula is C22H36IN3O3. The van der Waals surface area contributed by atoms with Gasteiger partial charge >= 0.3 is 0 Å². The highest BCUT2D eigenvalue weighted by Gasteiger charge is 2.20. The molecule has 1 aromatic rings. The van der Waals surface area contributed by atoms with Crippen molar-refractivity contribution in [1.82, 2.24) is 10.6 Å². The first-order chi connectivity index (χ1) is 13.7. The molecule has 2 aliphatic rings. The highest BCUT2D eigenvalue weighted by atomic mass is 127. The van der Waals surface area contributed by atoms with Crippen molar-refractivity contribution in [2.75, 3.05) is 40.0 Å². The molecule has 0 aromatic heterocycles. The van der Waals surface area contributed by atoms with Crippen molar-refractivity contribution in [2.45, 2.75) is 51.7 Å². The number of benzene rings is 1. The third kappa shape index (κ3) is 9.09. The van der Waals surface area contributed by atoms with Crippen LogP contribution >= 0.6 is 24.0 Å². The van der Waals surface area contributed by atoms with Crippen LogP contribution in [0.25, 0.3) is 0 Å². The van der Waals surface area contributed by atoms with E-state index in [1.165, 1.54) is 18.4 Å². The Bertz CT molecular complexity index is 632. The van der Waals surface area contributed by atoms with Crippen molar-refractivity contribution in [3.8, 4) is 5.75 Å². The molecule has 164 valence electrons. The van der Waals surface area contributed by atoms with Crippen molar-refractivity contribution in [2.24, 2.45) is 10.9 Å². The molecule has 0 bridgehead atoms. The van der Waals surface area contributed by atoms with Gasteiger partial charge in [-0.3, -0.25) is 4.99 Å². The van der Waals surface area contributed by atoms with Gasteiger partial charge in [0, 0.05) is 45.5 Å². The van der Waals surface area contributed by atoms with E-state index >= 15 is 0 Å². The number of aliphatic imine (C=N–C) groups is 1. The minimum atomic E-state index is 0. The van der Waals surface area contributed by atoms with E-state index in [4.69, 9.17) is 14.2 Å². The van der Waals surface area contributed by atoms with Crippen LogP contribution in [0.3, 0.4) is 0 Å². The molecular weight excluding hydrogens is 481 g/mol. The van der Waals surface area contributed by atoms with Gasteiger partial charge < -0.3 is 24.8 Å². The second-order valence-corrected chi connectivity index (χ2v) is 7.78. The molecule has 1 unspecified atom stereocenters. The molecule has 3 rings (SSSR count). The van der Waals surface area contributed by atoms with E-state index in [-0.39, 0.29) is 30.1 Å². The predicted octanol–water partition coefficient (Wildman–Crippen LogP) is 3.65. The molecule has 7 heteroatoms. The van der Waals surface area contributed by atoms with Crippen molar-refractivity contribution >= 4 is 29.9 Å². The van der Waals surface area contributed by atoms with E-state index in [2.05, 4.69) is 40.7 Å². The Balaban J connectivity index is 0.00000300. The smallest absolute Gasteiger partial charge is 0.191 e. The van der Waals surface area contributed by atoms with Crippen LogP contribution in [0, 0.1) is 12.8 Å². The predicted molar refractivity (Wildman–Crippen MR) is 127 cm³/mol. The number of rotatable bonds is 11. The van der Waals surface area contributed by atoms with Gasteiger partial charge in [0.25, 0.3) is 0 Å². The number of hydrogen-bond acceptors (Lipinski definition) is 4. The van der Waals surface area contributed by atoms with Crippen molar-refractivity contribution in [1.29, 1.82) is 0 Å². The first-order valence-corrected chi connectivity index (χ1v) is 10.6. The lowest BCUT2D eigenvalue weighted by Gasteiger charge is -2.17. The van der Waals surface area contributed by atoms with Gasteiger partial charge in [-0.15, -0.1) is 24.0 Å². The summed E-state index contributed by atoms with van der Waals surface area (Å²) in [5.74, 6) is 2.55. The van der Waals surface area contributed by atoms with E-state index in [0.29, 0.717) is 13.2 Å². The average molecular weight is 517 g/mol. The fourth-order valence-electron chi connectivity index (χ4n) is 3.22. The second kappa shape index (κ2) is 13.3. The maximum absolute atomic E-state index is 6.08. The zero-order chi connectivity index (χ0) is 19.6. The lowest BCUT2D eigenvalue weighted by Crippen LogP contribution is -2.37. The summed E-state index contributed by atoms with van der Waals surface area (Å²) in [5.41, 5.74) is 2.32. The van der Waals surface area contributed by atoms with Crippen LogP contribution in [0.2, 0.25) is 0 Å². The van der Waals surface area contributed by atoms with Gasteiger partial charge in [0.1, 0.15) is 12.4 Å². The highest BCUT2D eigenvalue weighted by molar-refractivity contribution is 14.0. The normalized spacial score (nSPS) is 19.0. The minimum absolute atomic E-state index is 0. The largest absolute Gasteiger partial charge is 0.491 e. The van der Waals surface area contributed by atoms with E-state index in [0.717, 1.165) is 68.8 Å². The standard InChI is InChI=1S/C22H35N3O3.HI/c1-17-6-9-19(21(13-17)28-16-20-5-3-12-27-20)14-25-22(23-2)24-10-4-11-26-15-18-7-8-18;/h6,9,13,18,20H,3-5,7-8,10-12,14-16H2,1-2H3,(H2,23,24,25);1H.